The van der Waals surface area contributed by atoms with Crippen molar-refractivity contribution in [3.05, 3.63) is 46.5 Å². The molecule has 0 N–H and O–H groups in total. The second kappa shape index (κ2) is 6.12. The summed E-state index contributed by atoms with van der Waals surface area (Å²) in [4.78, 5) is 27.9. The fourth-order valence-corrected chi connectivity index (χ4v) is 5.35. The predicted octanol–water partition coefficient (Wildman–Crippen LogP) is 4.40. The Hall–Kier alpha value is -1.90. The number of nitrogens with zero attached hydrogens (tertiary/aromatic N) is 1. The molecule has 4 atom stereocenters. The normalized spacial score (nSPS) is 30.1. The lowest BCUT2D eigenvalue weighted by molar-refractivity contribution is -0.140. The largest absolute Gasteiger partial charge is 0.282 e. The summed E-state index contributed by atoms with van der Waals surface area (Å²) in [5, 5.41) is 0. The number of rotatable bonds is 5. The number of hydrogen-bond donors (Lipinski definition) is 0. The van der Waals surface area contributed by atoms with Gasteiger partial charge in [-0.25, -0.2) is 0 Å². The van der Waals surface area contributed by atoms with Gasteiger partial charge in [-0.1, -0.05) is 61.6 Å². The van der Waals surface area contributed by atoms with Crippen molar-refractivity contribution in [3.8, 4) is 0 Å². The molecule has 1 aromatic rings. The van der Waals surface area contributed by atoms with Crippen LogP contribution < -0.4 is 0 Å². The predicted molar refractivity (Wildman–Crippen MR) is 98.1 cm³/mol. The highest BCUT2D eigenvalue weighted by Gasteiger charge is 2.60. The van der Waals surface area contributed by atoms with Crippen molar-refractivity contribution >= 4 is 11.8 Å². The number of imide groups is 1. The Balaban J connectivity index is 1.69. The van der Waals surface area contributed by atoms with Crippen LogP contribution in [0, 0.1) is 11.8 Å². The van der Waals surface area contributed by atoms with E-state index in [-0.39, 0.29) is 35.5 Å². The Morgan fingerprint density at radius 2 is 1.36 bits per heavy atom. The van der Waals surface area contributed by atoms with Crippen molar-refractivity contribution in [1.82, 2.24) is 4.90 Å². The van der Waals surface area contributed by atoms with E-state index in [0.717, 1.165) is 19.3 Å². The van der Waals surface area contributed by atoms with Gasteiger partial charge in [0.15, 0.2) is 0 Å². The molecule has 0 radical (unpaired) electrons. The summed E-state index contributed by atoms with van der Waals surface area (Å²) < 4.78 is 0. The highest BCUT2D eigenvalue weighted by molar-refractivity contribution is 6.07. The summed E-state index contributed by atoms with van der Waals surface area (Å²) in [6.45, 7) is 7.08. The first-order chi connectivity index (χ1) is 12.1. The second-order valence-electron chi connectivity index (χ2n) is 7.89. The maximum absolute atomic E-state index is 13.1. The van der Waals surface area contributed by atoms with Gasteiger partial charge in [-0.2, -0.15) is 0 Å². The van der Waals surface area contributed by atoms with E-state index < -0.39 is 0 Å². The van der Waals surface area contributed by atoms with E-state index in [1.165, 1.54) is 28.7 Å². The molecule has 5 rings (SSSR count). The van der Waals surface area contributed by atoms with E-state index in [0.29, 0.717) is 6.54 Å². The van der Waals surface area contributed by atoms with Crippen molar-refractivity contribution in [2.24, 2.45) is 11.8 Å². The average molecular weight is 337 g/mol. The molecule has 0 saturated carbocycles. The van der Waals surface area contributed by atoms with Gasteiger partial charge in [0.1, 0.15) is 0 Å². The SMILES string of the molecule is CCCCCCN1C(=O)[C@@H]2[C@H](C1=O)[C@@H]1C(C)=C(C)[C@H]2c2ccccc21. The van der Waals surface area contributed by atoms with Crippen molar-refractivity contribution in [1.29, 1.82) is 0 Å². The topological polar surface area (TPSA) is 37.4 Å². The number of unbranched alkanes of at least 4 members (excludes halogenated alkanes) is 3. The molecule has 3 heteroatoms. The molecule has 3 aliphatic carbocycles. The van der Waals surface area contributed by atoms with Crippen molar-refractivity contribution < 1.29 is 9.59 Å². The van der Waals surface area contributed by atoms with E-state index in [9.17, 15) is 9.59 Å². The highest BCUT2D eigenvalue weighted by Crippen LogP contribution is 2.60. The van der Waals surface area contributed by atoms with Gasteiger partial charge < -0.3 is 0 Å². The quantitative estimate of drug-likeness (QED) is 0.454. The number of hydrogen-bond acceptors (Lipinski definition) is 2. The third kappa shape index (κ3) is 2.24. The van der Waals surface area contributed by atoms with E-state index in [2.05, 4.69) is 45.0 Å². The van der Waals surface area contributed by atoms with Crippen LogP contribution in [0.5, 0.6) is 0 Å². The molecular weight excluding hydrogens is 310 g/mol. The summed E-state index contributed by atoms with van der Waals surface area (Å²) >= 11 is 0. The first-order valence-electron chi connectivity index (χ1n) is 9.69. The maximum atomic E-state index is 13.1. The molecule has 1 heterocycles. The molecule has 2 bridgehead atoms. The number of carbonyl (C=O) groups is 2. The Morgan fingerprint density at radius 3 is 1.84 bits per heavy atom. The molecule has 1 aromatic carbocycles. The smallest absolute Gasteiger partial charge is 0.234 e. The molecule has 0 aromatic heterocycles. The van der Waals surface area contributed by atoms with Crippen LogP contribution in [-0.2, 0) is 9.59 Å². The molecule has 1 saturated heterocycles. The summed E-state index contributed by atoms with van der Waals surface area (Å²) in [7, 11) is 0. The molecule has 1 aliphatic heterocycles. The molecule has 1 fully saturated rings. The zero-order valence-electron chi connectivity index (χ0n) is 15.4. The highest BCUT2D eigenvalue weighted by atomic mass is 16.2. The Labute approximate surface area is 150 Å². The Kier molecular flexibility index (Phi) is 4.05. The van der Waals surface area contributed by atoms with Crippen molar-refractivity contribution in [2.75, 3.05) is 6.54 Å². The van der Waals surface area contributed by atoms with Crippen LogP contribution in [0.4, 0.5) is 0 Å². The van der Waals surface area contributed by atoms with Gasteiger partial charge in [0.05, 0.1) is 11.8 Å². The van der Waals surface area contributed by atoms with Crippen LogP contribution in [0.1, 0.15) is 69.4 Å². The molecular formula is C22H27NO2. The van der Waals surface area contributed by atoms with Crippen LogP contribution in [-0.4, -0.2) is 23.3 Å². The monoisotopic (exact) mass is 337 g/mol. The number of allylic oxidation sites excluding steroid dienone is 2. The van der Waals surface area contributed by atoms with E-state index >= 15 is 0 Å². The number of carbonyl (C=O) groups excluding carboxylic acids is 2. The lowest BCUT2D eigenvalue weighted by Gasteiger charge is -2.46. The first-order valence-corrected chi connectivity index (χ1v) is 9.69. The first kappa shape index (κ1) is 16.6. The number of amides is 2. The van der Waals surface area contributed by atoms with Crippen molar-refractivity contribution in [3.63, 3.8) is 0 Å². The van der Waals surface area contributed by atoms with Crippen LogP contribution >= 0.6 is 0 Å². The summed E-state index contributed by atoms with van der Waals surface area (Å²) in [6, 6.07) is 8.42. The van der Waals surface area contributed by atoms with Crippen LogP contribution in [0.3, 0.4) is 0 Å². The number of likely N-dealkylation sites (tertiary alicyclic amines) is 1. The Morgan fingerprint density at radius 1 is 0.840 bits per heavy atom. The van der Waals surface area contributed by atoms with E-state index in [4.69, 9.17) is 0 Å². The summed E-state index contributed by atoms with van der Waals surface area (Å²) in [5.74, 6) is -0.0400. The van der Waals surface area contributed by atoms with Crippen LogP contribution in [0.2, 0.25) is 0 Å². The lowest BCUT2D eigenvalue weighted by Crippen LogP contribution is -2.40. The molecule has 132 valence electrons. The van der Waals surface area contributed by atoms with Gasteiger partial charge in [-0.3, -0.25) is 14.5 Å². The maximum Gasteiger partial charge on any atom is 0.234 e. The van der Waals surface area contributed by atoms with Gasteiger partial charge in [-0.15, -0.1) is 0 Å². The minimum atomic E-state index is -0.178. The zero-order valence-corrected chi connectivity index (χ0v) is 15.4. The molecule has 0 unspecified atom stereocenters. The van der Waals surface area contributed by atoms with Gasteiger partial charge >= 0.3 is 0 Å². The Bertz CT molecular complexity index is 706. The number of benzene rings is 1. The van der Waals surface area contributed by atoms with Gasteiger partial charge in [0.2, 0.25) is 11.8 Å². The lowest BCUT2D eigenvalue weighted by atomic mass is 9.55. The zero-order chi connectivity index (χ0) is 17.7. The summed E-state index contributed by atoms with van der Waals surface area (Å²) in [5.41, 5.74) is 5.15. The van der Waals surface area contributed by atoms with Crippen molar-refractivity contribution in [2.45, 2.75) is 58.3 Å². The molecule has 2 amide bonds. The fourth-order valence-electron chi connectivity index (χ4n) is 5.35. The van der Waals surface area contributed by atoms with E-state index in [1.807, 2.05) is 0 Å². The minimum Gasteiger partial charge on any atom is -0.282 e. The standard InChI is InChI=1S/C22H27NO2/c1-4-5-6-9-12-23-21(24)19-17-13(2)14(3)18(20(19)22(23)25)16-11-8-7-10-15(16)17/h7-8,10-11,17-20H,4-6,9,12H2,1-3H3/t17-,18+,19-,20+. The van der Waals surface area contributed by atoms with E-state index in [1.54, 1.807) is 4.90 Å². The molecule has 4 aliphatic rings. The minimum absolute atomic E-state index is 0.0721. The fraction of sp³-hybridized carbons (Fsp3) is 0.545. The average Bonchev–Trinajstić information content (AvgIpc) is 2.86. The third-order valence-corrected chi connectivity index (χ3v) is 6.66. The van der Waals surface area contributed by atoms with Gasteiger partial charge in [0, 0.05) is 18.4 Å². The van der Waals surface area contributed by atoms with Gasteiger partial charge in [0.25, 0.3) is 0 Å². The third-order valence-electron chi connectivity index (χ3n) is 6.66. The molecule has 0 spiro atoms. The summed E-state index contributed by atoms with van der Waals surface area (Å²) in [6.07, 6.45) is 4.35. The van der Waals surface area contributed by atoms with Crippen LogP contribution in [0.25, 0.3) is 0 Å². The second-order valence-corrected chi connectivity index (χ2v) is 7.89. The van der Waals surface area contributed by atoms with Crippen LogP contribution in [0.15, 0.2) is 35.4 Å². The van der Waals surface area contributed by atoms with Gasteiger partial charge in [-0.05, 0) is 31.4 Å². The molecule has 3 nitrogen and oxygen atoms in total. The molecule has 25 heavy (non-hydrogen) atoms.